The van der Waals surface area contributed by atoms with Crippen LogP contribution >= 0.6 is 0 Å². The quantitative estimate of drug-likeness (QED) is 0.724. The molecule has 0 spiro atoms. The molecule has 1 aliphatic rings. The maximum Gasteiger partial charge on any atom is 0.230 e. The molecule has 1 fully saturated rings. The molecule has 10 heteroatoms. The maximum atomic E-state index is 11.6. The monoisotopic (exact) mass is 330 g/mol. The fourth-order valence-electron chi connectivity index (χ4n) is 1.86. The molecule has 1 aromatic heterocycles. The molecule has 0 radical (unpaired) electrons. The van der Waals surface area contributed by atoms with E-state index in [2.05, 4.69) is 19.7 Å². The Morgan fingerprint density at radius 1 is 1.23 bits per heavy atom. The van der Waals surface area contributed by atoms with Gasteiger partial charge in [-0.05, 0) is 6.92 Å². The van der Waals surface area contributed by atoms with E-state index in [1.807, 2.05) is 19.0 Å². The third-order valence-electron chi connectivity index (χ3n) is 3.18. The number of nitrogens with zero attached hydrogens (tertiary/aromatic N) is 5. The van der Waals surface area contributed by atoms with Gasteiger partial charge < -0.3 is 14.5 Å². The van der Waals surface area contributed by atoms with Crippen molar-refractivity contribution in [1.29, 1.82) is 0 Å². The first-order valence-corrected chi connectivity index (χ1v) is 8.79. The highest BCUT2D eigenvalue weighted by atomic mass is 32.2. The van der Waals surface area contributed by atoms with E-state index >= 15 is 0 Å². The summed E-state index contributed by atoms with van der Waals surface area (Å²) in [6, 6.07) is 0. The molecular formula is C12H22N6O3S. The van der Waals surface area contributed by atoms with Crippen molar-refractivity contribution in [3.05, 3.63) is 5.82 Å². The normalized spacial score (nSPS) is 15.9. The second-order valence-corrected chi connectivity index (χ2v) is 7.17. The van der Waals surface area contributed by atoms with E-state index in [1.54, 1.807) is 11.8 Å². The first kappa shape index (κ1) is 16.8. The van der Waals surface area contributed by atoms with Gasteiger partial charge in [0.25, 0.3) is 0 Å². The van der Waals surface area contributed by atoms with Crippen LogP contribution in [0.1, 0.15) is 12.7 Å². The summed E-state index contributed by atoms with van der Waals surface area (Å²) in [6.07, 6.45) is 0. The van der Waals surface area contributed by atoms with E-state index in [9.17, 15) is 8.42 Å². The molecule has 1 aromatic rings. The highest BCUT2D eigenvalue weighted by Crippen LogP contribution is 2.14. The van der Waals surface area contributed by atoms with Crippen LogP contribution in [-0.2, 0) is 21.3 Å². The molecule has 0 unspecified atom stereocenters. The van der Waals surface area contributed by atoms with Crippen molar-refractivity contribution in [2.75, 3.05) is 56.0 Å². The predicted octanol–water partition coefficient (Wildman–Crippen LogP) is -0.786. The number of sulfonamides is 1. The predicted molar refractivity (Wildman–Crippen MR) is 83.5 cm³/mol. The van der Waals surface area contributed by atoms with Gasteiger partial charge in [-0.2, -0.15) is 15.0 Å². The first-order valence-electron chi connectivity index (χ1n) is 7.13. The summed E-state index contributed by atoms with van der Waals surface area (Å²) in [5, 5.41) is 0. The molecule has 0 aliphatic carbocycles. The van der Waals surface area contributed by atoms with Crippen LogP contribution in [0.4, 0.5) is 11.9 Å². The van der Waals surface area contributed by atoms with Crippen LogP contribution in [0.2, 0.25) is 0 Å². The van der Waals surface area contributed by atoms with E-state index in [0.29, 0.717) is 44.0 Å². The van der Waals surface area contributed by atoms with Crippen LogP contribution < -0.4 is 14.5 Å². The standard InChI is InChI=1S/C12H22N6O3S/c1-4-22(19,20)13-9-10-14-11(17(2)3)16-12(15-10)18-5-7-21-8-6-18/h13H,4-9H2,1-3H3. The summed E-state index contributed by atoms with van der Waals surface area (Å²) >= 11 is 0. The van der Waals surface area contributed by atoms with Gasteiger partial charge in [0.05, 0.1) is 25.5 Å². The lowest BCUT2D eigenvalue weighted by Gasteiger charge is -2.27. The molecule has 1 saturated heterocycles. The fraction of sp³-hybridized carbons (Fsp3) is 0.750. The van der Waals surface area contributed by atoms with Gasteiger partial charge in [-0.15, -0.1) is 0 Å². The zero-order chi connectivity index (χ0) is 16.2. The van der Waals surface area contributed by atoms with Crippen LogP contribution in [0.5, 0.6) is 0 Å². The van der Waals surface area contributed by atoms with Gasteiger partial charge >= 0.3 is 0 Å². The molecule has 0 bridgehead atoms. The minimum atomic E-state index is -3.29. The van der Waals surface area contributed by atoms with Crippen LogP contribution in [0.3, 0.4) is 0 Å². The third kappa shape index (κ3) is 4.49. The van der Waals surface area contributed by atoms with E-state index < -0.39 is 10.0 Å². The Balaban J connectivity index is 2.22. The number of anilines is 2. The molecule has 2 rings (SSSR count). The van der Waals surface area contributed by atoms with Crippen LogP contribution in [0, 0.1) is 0 Å². The molecule has 0 aromatic carbocycles. The average Bonchev–Trinajstić information content (AvgIpc) is 2.53. The highest BCUT2D eigenvalue weighted by molar-refractivity contribution is 7.89. The second kappa shape index (κ2) is 7.16. The Labute approximate surface area is 130 Å². The molecule has 22 heavy (non-hydrogen) atoms. The van der Waals surface area contributed by atoms with Crippen molar-refractivity contribution in [2.24, 2.45) is 0 Å². The molecular weight excluding hydrogens is 308 g/mol. The van der Waals surface area contributed by atoms with Gasteiger partial charge in [0.1, 0.15) is 0 Å². The summed E-state index contributed by atoms with van der Waals surface area (Å²) in [5.41, 5.74) is 0. The Bertz CT molecular complexity index is 601. The summed E-state index contributed by atoms with van der Waals surface area (Å²) < 4.78 is 30.9. The number of hydrogen-bond acceptors (Lipinski definition) is 8. The van der Waals surface area contributed by atoms with E-state index in [0.717, 1.165) is 0 Å². The van der Waals surface area contributed by atoms with Gasteiger partial charge in [-0.3, -0.25) is 0 Å². The van der Waals surface area contributed by atoms with Crippen LogP contribution in [0.15, 0.2) is 0 Å². The van der Waals surface area contributed by atoms with Gasteiger partial charge in [0, 0.05) is 27.2 Å². The Kier molecular flexibility index (Phi) is 5.48. The molecule has 0 atom stereocenters. The van der Waals surface area contributed by atoms with Crippen LogP contribution in [0.25, 0.3) is 0 Å². The third-order valence-corrected chi connectivity index (χ3v) is 4.53. The maximum absolute atomic E-state index is 11.6. The zero-order valence-electron chi connectivity index (χ0n) is 13.1. The minimum absolute atomic E-state index is 0.0228. The van der Waals surface area contributed by atoms with Crippen molar-refractivity contribution in [3.63, 3.8) is 0 Å². The summed E-state index contributed by atoms with van der Waals surface area (Å²) in [5.74, 6) is 1.47. The van der Waals surface area contributed by atoms with Crippen molar-refractivity contribution in [2.45, 2.75) is 13.5 Å². The largest absolute Gasteiger partial charge is 0.378 e. The van der Waals surface area contributed by atoms with Gasteiger partial charge in [0.2, 0.25) is 21.9 Å². The Hall–Kier alpha value is -1.52. The number of rotatable bonds is 6. The zero-order valence-corrected chi connectivity index (χ0v) is 13.9. The summed E-state index contributed by atoms with van der Waals surface area (Å²) in [7, 11) is 0.377. The van der Waals surface area contributed by atoms with E-state index in [4.69, 9.17) is 4.74 Å². The van der Waals surface area contributed by atoms with Crippen molar-refractivity contribution < 1.29 is 13.2 Å². The molecule has 0 saturated carbocycles. The highest BCUT2D eigenvalue weighted by Gasteiger charge is 2.18. The molecule has 0 amide bonds. The lowest BCUT2D eigenvalue weighted by atomic mass is 10.4. The SMILES string of the molecule is CCS(=O)(=O)NCc1nc(N(C)C)nc(N2CCOCC2)n1. The number of ether oxygens (including phenoxy) is 1. The molecule has 9 nitrogen and oxygen atoms in total. The lowest BCUT2D eigenvalue weighted by molar-refractivity contribution is 0.122. The molecule has 2 heterocycles. The van der Waals surface area contributed by atoms with Gasteiger partial charge in [-0.25, -0.2) is 13.1 Å². The van der Waals surface area contributed by atoms with E-state index in [-0.39, 0.29) is 12.3 Å². The van der Waals surface area contributed by atoms with Crippen LogP contribution in [-0.4, -0.2) is 69.5 Å². The Morgan fingerprint density at radius 3 is 2.50 bits per heavy atom. The molecule has 124 valence electrons. The minimum Gasteiger partial charge on any atom is -0.378 e. The Morgan fingerprint density at radius 2 is 1.91 bits per heavy atom. The van der Waals surface area contributed by atoms with Crippen molar-refractivity contribution in [1.82, 2.24) is 19.7 Å². The average molecular weight is 330 g/mol. The van der Waals surface area contributed by atoms with Crippen molar-refractivity contribution in [3.8, 4) is 0 Å². The summed E-state index contributed by atoms with van der Waals surface area (Å²) in [6.45, 7) is 4.30. The topological polar surface area (TPSA) is 101 Å². The first-order chi connectivity index (χ1) is 10.4. The fourth-order valence-corrected chi connectivity index (χ4v) is 2.41. The number of aromatic nitrogens is 3. The van der Waals surface area contributed by atoms with Gasteiger partial charge in [0.15, 0.2) is 5.82 Å². The summed E-state index contributed by atoms with van der Waals surface area (Å²) in [4.78, 5) is 16.9. The number of hydrogen-bond donors (Lipinski definition) is 1. The second-order valence-electron chi connectivity index (χ2n) is 5.07. The number of morpholine rings is 1. The smallest absolute Gasteiger partial charge is 0.230 e. The van der Waals surface area contributed by atoms with Crippen molar-refractivity contribution >= 4 is 21.9 Å². The number of nitrogens with one attached hydrogen (secondary N) is 1. The van der Waals surface area contributed by atoms with E-state index in [1.165, 1.54) is 0 Å². The lowest BCUT2D eigenvalue weighted by Crippen LogP contribution is -2.38. The molecule has 1 N–H and O–H groups in total. The van der Waals surface area contributed by atoms with Gasteiger partial charge in [-0.1, -0.05) is 0 Å². The molecule has 1 aliphatic heterocycles.